The maximum atomic E-state index is 11.5. The number of carboxylic acid groups (broad SMARTS) is 1. The average Bonchev–Trinajstić information content (AvgIpc) is 2.68. The van der Waals surface area contributed by atoms with Crippen LogP contribution in [0.5, 0.6) is 0 Å². The number of nitrogens with zero attached hydrogens (tertiary/aromatic N) is 2. The number of imide groups is 1. The summed E-state index contributed by atoms with van der Waals surface area (Å²) in [6.07, 6.45) is 3.06. The number of hydrogen-bond donors (Lipinski definition) is 1. The molecule has 106 valence electrons. The lowest BCUT2D eigenvalue weighted by Crippen LogP contribution is -2.57. The Morgan fingerprint density at radius 2 is 1.84 bits per heavy atom. The largest absolute Gasteiger partial charge is 0.480 e. The summed E-state index contributed by atoms with van der Waals surface area (Å²) in [7, 11) is 0. The van der Waals surface area contributed by atoms with Gasteiger partial charge in [-0.05, 0) is 32.7 Å². The summed E-state index contributed by atoms with van der Waals surface area (Å²) in [6.45, 7) is 3.18. The van der Waals surface area contributed by atoms with Crippen LogP contribution >= 0.6 is 0 Å². The van der Waals surface area contributed by atoms with E-state index in [0.717, 1.165) is 12.8 Å². The van der Waals surface area contributed by atoms with Crippen LogP contribution in [0.1, 0.15) is 39.0 Å². The molecule has 0 saturated carbocycles. The van der Waals surface area contributed by atoms with Gasteiger partial charge in [0.15, 0.2) is 0 Å². The minimum Gasteiger partial charge on any atom is -0.480 e. The van der Waals surface area contributed by atoms with Crippen molar-refractivity contribution in [2.45, 2.75) is 44.6 Å². The summed E-state index contributed by atoms with van der Waals surface area (Å²) in [5.41, 5.74) is -0.871. The van der Waals surface area contributed by atoms with Crippen molar-refractivity contribution in [2.75, 3.05) is 19.6 Å². The highest BCUT2D eigenvalue weighted by atomic mass is 16.4. The van der Waals surface area contributed by atoms with Crippen molar-refractivity contribution in [2.24, 2.45) is 0 Å². The maximum absolute atomic E-state index is 11.5. The summed E-state index contributed by atoms with van der Waals surface area (Å²) < 4.78 is 0. The molecule has 0 aromatic rings. The van der Waals surface area contributed by atoms with Crippen LogP contribution in [0.3, 0.4) is 0 Å². The molecule has 2 aliphatic heterocycles. The van der Waals surface area contributed by atoms with Gasteiger partial charge in [-0.3, -0.25) is 24.2 Å². The van der Waals surface area contributed by atoms with Crippen LogP contribution in [-0.4, -0.2) is 57.9 Å². The van der Waals surface area contributed by atoms with Crippen LogP contribution in [0.2, 0.25) is 0 Å². The molecule has 2 heterocycles. The van der Waals surface area contributed by atoms with Crippen molar-refractivity contribution in [3.05, 3.63) is 0 Å². The van der Waals surface area contributed by atoms with Gasteiger partial charge in [0.1, 0.15) is 5.54 Å². The molecule has 19 heavy (non-hydrogen) atoms. The van der Waals surface area contributed by atoms with Gasteiger partial charge in [-0.1, -0.05) is 0 Å². The van der Waals surface area contributed by atoms with E-state index >= 15 is 0 Å². The number of piperidine rings is 1. The average molecular weight is 268 g/mol. The Morgan fingerprint density at radius 3 is 2.42 bits per heavy atom. The van der Waals surface area contributed by atoms with Crippen LogP contribution in [0.4, 0.5) is 0 Å². The molecular weight excluding hydrogens is 248 g/mol. The number of carboxylic acids is 1. The van der Waals surface area contributed by atoms with E-state index < -0.39 is 11.5 Å². The third-order valence-electron chi connectivity index (χ3n) is 4.25. The van der Waals surface area contributed by atoms with Gasteiger partial charge >= 0.3 is 5.97 Å². The Balaban J connectivity index is 1.99. The summed E-state index contributed by atoms with van der Waals surface area (Å²) in [5, 5.41) is 9.37. The van der Waals surface area contributed by atoms with Gasteiger partial charge in [-0.15, -0.1) is 0 Å². The van der Waals surface area contributed by atoms with Gasteiger partial charge in [0, 0.05) is 25.9 Å². The monoisotopic (exact) mass is 268 g/mol. The van der Waals surface area contributed by atoms with Crippen molar-refractivity contribution in [3.8, 4) is 0 Å². The molecule has 2 fully saturated rings. The lowest BCUT2D eigenvalue weighted by atomic mass is 9.88. The van der Waals surface area contributed by atoms with E-state index in [-0.39, 0.29) is 24.7 Å². The molecule has 2 rings (SSSR count). The zero-order chi connectivity index (χ0) is 14.0. The predicted molar refractivity (Wildman–Crippen MR) is 67.4 cm³/mol. The van der Waals surface area contributed by atoms with E-state index in [2.05, 4.69) is 0 Å². The Hall–Kier alpha value is -1.43. The van der Waals surface area contributed by atoms with Gasteiger partial charge in [-0.2, -0.15) is 0 Å². The van der Waals surface area contributed by atoms with Gasteiger partial charge in [0.25, 0.3) is 0 Å². The quantitative estimate of drug-likeness (QED) is 0.750. The topological polar surface area (TPSA) is 77.9 Å². The number of rotatable bonds is 4. The van der Waals surface area contributed by atoms with Crippen molar-refractivity contribution < 1.29 is 19.5 Å². The molecule has 0 aliphatic carbocycles. The molecule has 1 unspecified atom stereocenters. The fraction of sp³-hybridized carbons (Fsp3) is 0.769. The van der Waals surface area contributed by atoms with Crippen molar-refractivity contribution in [1.82, 2.24) is 9.80 Å². The second kappa shape index (κ2) is 5.28. The molecule has 2 aliphatic rings. The first-order valence-corrected chi connectivity index (χ1v) is 6.77. The van der Waals surface area contributed by atoms with Crippen LogP contribution in [0, 0.1) is 0 Å². The highest BCUT2D eigenvalue weighted by molar-refractivity contribution is 6.01. The minimum absolute atomic E-state index is 0.140. The molecule has 1 N–H and O–H groups in total. The van der Waals surface area contributed by atoms with Crippen LogP contribution in [0.25, 0.3) is 0 Å². The summed E-state index contributed by atoms with van der Waals surface area (Å²) >= 11 is 0. The third-order valence-corrected chi connectivity index (χ3v) is 4.25. The van der Waals surface area contributed by atoms with E-state index in [0.29, 0.717) is 26.1 Å². The Kier molecular flexibility index (Phi) is 3.89. The lowest BCUT2D eigenvalue weighted by molar-refractivity contribution is -0.153. The molecular formula is C13H20N2O4. The van der Waals surface area contributed by atoms with Gasteiger partial charge in [0.05, 0.1) is 0 Å². The molecule has 0 aromatic heterocycles. The van der Waals surface area contributed by atoms with Crippen LogP contribution < -0.4 is 0 Å². The number of carbonyl (C=O) groups excluding carboxylic acids is 2. The van der Waals surface area contributed by atoms with Gasteiger partial charge in [0.2, 0.25) is 11.8 Å². The van der Waals surface area contributed by atoms with Crippen molar-refractivity contribution in [1.29, 1.82) is 0 Å². The number of carbonyl (C=O) groups is 3. The summed E-state index contributed by atoms with van der Waals surface area (Å²) in [4.78, 5) is 37.6. The van der Waals surface area contributed by atoms with Gasteiger partial charge < -0.3 is 5.11 Å². The van der Waals surface area contributed by atoms with Crippen molar-refractivity contribution >= 4 is 17.8 Å². The Labute approximate surface area is 112 Å². The Bertz CT molecular complexity index is 393. The summed E-state index contributed by atoms with van der Waals surface area (Å²) in [6, 6.07) is 0. The molecule has 0 radical (unpaired) electrons. The highest BCUT2D eigenvalue weighted by Crippen LogP contribution is 2.28. The first-order valence-electron chi connectivity index (χ1n) is 6.77. The number of likely N-dealkylation sites (tertiary alicyclic amines) is 2. The minimum atomic E-state index is -0.871. The maximum Gasteiger partial charge on any atom is 0.323 e. The smallest absolute Gasteiger partial charge is 0.323 e. The fourth-order valence-electron chi connectivity index (χ4n) is 2.87. The van der Waals surface area contributed by atoms with Crippen LogP contribution in [0.15, 0.2) is 0 Å². The molecule has 2 saturated heterocycles. The normalized spacial score (nSPS) is 29.0. The predicted octanol–water partition coefficient (Wildman–Crippen LogP) is 0.465. The first-order chi connectivity index (χ1) is 8.95. The van der Waals surface area contributed by atoms with Gasteiger partial charge in [-0.25, -0.2) is 0 Å². The second-order valence-corrected chi connectivity index (χ2v) is 5.46. The SMILES string of the molecule is CC1(C(=O)O)CCCCN1CCN1C(=O)CCC1=O. The van der Waals surface area contributed by atoms with E-state index in [1.54, 1.807) is 6.92 Å². The standard InChI is InChI=1S/C13H20N2O4/c1-13(12(18)19)6-2-3-7-14(13)8-9-15-10(16)4-5-11(15)17/h2-9H2,1H3,(H,18,19). The zero-order valence-corrected chi connectivity index (χ0v) is 11.2. The lowest BCUT2D eigenvalue weighted by Gasteiger charge is -2.42. The molecule has 0 bridgehead atoms. The van der Waals surface area contributed by atoms with E-state index in [9.17, 15) is 19.5 Å². The number of hydrogen-bond acceptors (Lipinski definition) is 4. The highest BCUT2D eigenvalue weighted by Gasteiger charge is 2.41. The second-order valence-electron chi connectivity index (χ2n) is 5.46. The molecule has 2 amide bonds. The first kappa shape index (κ1) is 14.0. The molecule has 0 spiro atoms. The Morgan fingerprint density at radius 1 is 1.21 bits per heavy atom. The third kappa shape index (κ3) is 2.63. The van der Waals surface area contributed by atoms with Crippen molar-refractivity contribution in [3.63, 3.8) is 0 Å². The number of amides is 2. The molecule has 6 nitrogen and oxygen atoms in total. The van der Waals surface area contributed by atoms with E-state index in [1.807, 2.05) is 4.90 Å². The van der Waals surface area contributed by atoms with E-state index in [1.165, 1.54) is 4.90 Å². The van der Waals surface area contributed by atoms with Crippen LogP contribution in [-0.2, 0) is 14.4 Å². The fourth-order valence-corrected chi connectivity index (χ4v) is 2.87. The molecule has 1 atom stereocenters. The molecule has 6 heteroatoms. The number of aliphatic carboxylic acids is 1. The summed E-state index contributed by atoms with van der Waals surface area (Å²) in [5.74, 6) is -1.11. The molecule has 0 aromatic carbocycles. The zero-order valence-electron chi connectivity index (χ0n) is 11.2. The van der Waals surface area contributed by atoms with E-state index in [4.69, 9.17) is 0 Å².